The van der Waals surface area contributed by atoms with Crippen molar-refractivity contribution in [3.05, 3.63) is 35.9 Å². The Bertz CT molecular complexity index is 402. The van der Waals surface area contributed by atoms with E-state index < -0.39 is 6.10 Å². The van der Waals surface area contributed by atoms with Gasteiger partial charge in [-0.05, 0) is 12.1 Å². The zero-order valence-electron chi connectivity index (χ0n) is 11.0. The molecule has 19 heavy (non-hydrogen) atoms. The molecule has 1 atom stereocenters. The number of aliphatic hydroxyl groups excluding tert-OH is 1. The lowest BCUT2D eigenvalue weighted by Gasteiger charge is -2.35. The van der Waals surface area contributed by atoms with Crippen LogP contribution in [0.15, 0.2) is 30.3 Å². The molecule has 1 aromatic rings. The maximum absolute atomic E-state index is 12.2. The zero-order chi connectivity index (χ0) is 13.7. The fourth-order valence-corrected chi connectivity index (χ4v) is 2.27. The third-order valence-electron chi connectivity index (χ3n) is 3.42. The number of hydrogen-bond donors (Lipinski definition) is 2. The number of nitrogens with two attached hydrogens (primary N) is 1. The highest BCUT2D eigenvalue weighted by molar-refractivity contribution is 5.94. The second kappa shape index (κ2) is 6.65. The second-order valence-electron chi connectivity index (χ2n) is 4.85. The van der Waals surface area contributed by atoms with Crippen LogP contribution in [-0.4, -0.2) is 66.2 Å². The van der Waals surface area contributed by atoms with E-state index in [1.54, 1.807) is 0 Å². The van der Waals surface area contributed by atoms with Gasteiger partial charge in [-0.3, -0.25) is 9.69 Å². The Morgan fingerprint density at radius 2 is 1.84 bits per heavy atom. The van der Waals surface area contributed by atoms with Crippen LogP contribution in [0.25, 0.3) is 0 Å². The summed E-state index contributed by atoms with van der Waals surface area (Å²) in [4.78, 5) is 16.2. The van der Waals surface area contributed by atoms with Gasteiger partial charge in [0.1, 0.15) is 0 Å². The number of benzene rings is 1. The Kier molecular flexibility index (Phi) is 4.90. The van der Waals surface area contributed by atoms with Crippen LogP contribution in [0, 0.1) is 0 Å². The smallest absolute Gasteiger partial charge is 0.253 e. The monoisotopic (exact) mass is 263 g/mol. The summed E-state index contributed by atoms with van der Waals surface area (Å²) in [6, 6.07) is 9.34. The Morgan fingerprint density at radius 3 is 2.42 bits per heavy atom. The quantitative estimate of drug-likeness (QED) is 0.787. The van der Waals surface area contributed by atoms with Crippen molar-refractivity contribution >= 4 is 5.91 Å². The molecule has 1 aliphatic rings. The van der Waals surface area contributed by atoms with Crippen LogP contribution in [0.3, 0.4) is 0 Å². The molecule has 1 saturated heterocycles. The van der Waals surface area contributed by atoms with E-state index in [9.17, 15) is 9.90 Å². The molecule has 2 rings (SSSR count). The zero-order valence-corrected chi connectivity index (χ0v) is 11.0. The fraction of sp³-hybridized carbons (Fsp3) is 0.500. The number of piperazine rings is 1. The van der Waals surface area contributed by atoms with Gasteiger partial charge in [-0.15, -0.1) is 0 Å². The van der Waals surface area contributed by atoms with Crippen LogP contribution < -0.4 is 5.73 Å². The van der Waals surface area contributed by atoms with Crippen LogP contribution in [0.4, 0.5) is 0 Å². The van der Waals surface area contributed by atoms with Gasteiger partial charge in [0.25, 0.3) is 5.91 Å². The summed E-state index contributed by atoms with van der Waals surface area (Å²) in [6.07, 6.45) is -0.476. The highest BCUT2D eigenvalue weighted by atomic mass is 16.3. The standard InChI is InChI=1S/C14H21N3O2/c15-10-13(18)11-16-6-8-17(9-7-16)14(19)12-4-2-1-3-5-12/h1-5,13,18H,6-11,15H2. The van der Waals surface area contributed by atoms with Crippen LogP contribution in [-0.2, 0) is 0 Å². The lowest BCUT2D eigenvalue weighted by atomic mass is 10.2. The minimum atomic E-state index is -0.476. The molecule has 5 heteroatoms. The average Bonchev–Trinajstić information content (AvgIpc) is 2.48. The number of β-amino-alcohol motifs (C(OH)–C–C–N with tert-alkyl or cyclic N) is 1. The summed E-state index contributed by atoms with van der Waals surface area (Å²) in [5, 5.41) is 9.52. The maximum Gasteiger partial charge on any atom is 0.253 e. The van der Waals surface area contributed by atoms with E-state index in [2.05, 4.69) is 4.90 Å². The first-order valence-electron chi connectivity index (χ1n) is 6.65. The maximum atomic E-state index is 12.2. The van der Waals surface area contributed by atoms with Crippen LogP contribution >= 0.6 is 0 Å². The molecule has 0 aliphatic carbocycles. The lowest BCUT2D eigenvalue weighted by Crippen LogP contribution is -2.51. The molecular formula is C14H21N3O2. The molecule has 1 unspecified atom stereocenters. The Morgan fingerprint density at radius 1 is 1.21 bits per heavy atom. The largest absolute Gasteiger partial charge is 0.390 e. The molecule has 0 bridgehead atoms. The number of rotatable bonds is 4. The lowest BCUT2D eigenvalue weighted by molar-refractivity contribution is 0.0541. The normalized spacial score (nSPS) is 18.3. The third-order valence-corrected chi connectivity index (χ3v) is 3.42. The van der Waals surface area contributed by atoms with Crippen LogP contribution in [0.2, 0.25) is 0 Å². The summed E-state index contributed by atoms with van der Waals surface area (Å²) >= 11 is 0. The molecule has 0 spiro atoms. The molecular weight excluding hydrogens is 242 g/mol. The number of carbonyl (C=O) groups is 1. The van der Waals surface area contributed by atoms with Gasteiger partial charge in [0.2, 0.25) is 0 Å². The molecule has 1 fully saturated rings. The van der Waals surface area contributed by atoms with Gasteiger partial charge in [0.15, 0.2) is 0 Å². The first kappa shape index (κ1) is 14.0. The molecule has 0 aromatic heterocycles. The summed E-state index contributed by atoms with van der Waals surface area (Å²) in [5.74, 6) is 0.0830. The van der Waals surface area contributed by atoms with Crippen LogP contribution in [0.5, 0.6) is 0 Å². The number of nitrogens with zero attached hydrogens (tertiary/aromatic N) is 2. The Balaban J connectivity index is 1.85. The van der Waals surface area contributed by atoms with E-state index in [0.717, 1.165) is 18.7 Å². The SMILES string of the molecule is NCC(O)CN1CCN(C(=O)c2ccccc2)CC1. The van der Waals surface area contributed by atoms with E-state index in [4.69, 9.17) is 5.73 Å². The van der Waals surface area contributed by atoms with Crippen molar-refractivity contribution in [1.29, 1.82) is 0 Å². The molecule has 1 aliphatic heterocycles. The minimum absolute atomic E-state index is 0.0830. The van der Waals surface area contributed by atoms with Gasteiger partial charge in [-0.25, -0.2) is 0 Å². The highest BCUT2D eigenvalue weighted by Gasteiger charge is 2.22. The molecule has 1 amide bonds. The topological polar surface area (TPSA) is 69.8 Å². The van der Waals surface area contributed by atoms with E-state index in [-0.39, 0.29) is 12.5 Å². The van der Waals surface area contributed by atoms with Crippen molar-refractivity contribution in [3.8, 4) is 0 Å². The van der Waals surface area contributed by atoms with Crippen molar-refractivity contribution < 1.29 is 9.90 Å². The third kappa shape index (κ3) is 3.76. The predicted molar refractivity (Wildman–Crippen MR) is 73.8 cm³/mol. The molecule has 3 N–H and O–H groups in total. The molecule has 1 aromatic carbocycles. The fourth-order valence-electron chi connectivity index (χ4n) is 2.27. The average molecular weight is 263 g/mol. The van der Waals surface area contributed by atoms with E-state index in [0.29, 0.717) is 19.6 Å². The van der Waals surface area contributed by atoms with Crippen molar-refractivity contribution in [2.45, 2.75) is 6.10 Å². The number of aliphatic hydroxyl groups is 1. The highest BCUT2D eigenvalue weighted by Crippen LogP contribution is 2.08. The Hall–Kier alpha value is -1.43. The van der Waals surface area contributed by atoms with Crippen molar-refractivity contribution in [2.75, 3.05) is 39.3 Å². The molecule has 104 valence electrons. The molecule has 1 heterocycles. The van der Waals surface area contributed by atoms with Crippen molar-refractivity contribution in [3.63, 3.8) is 0 Å². The van der Waals surface area contributed by atoms with Crippen molar-refractivity contribution in [2.24, 2.45) is 5.73 Å². The van der Waals surface area contributed by atoms with Gasteiger partial charge >= 0.3 is 0 Å². The van der Waals surface area contributed by atoms with Gasteiger partial charge in [0, 0.05) is 44.8 Å². The summed E-state index contributed by atoms with van der Waals surface area (Å²) in [5.41, 5.74) is 6.13. The van der Waals surface area contributed by atoms with E-state index in [1.165, 1.54) is 0 Å². The minimum Gasteiger partial charge on any atom is -0.390 e. The van der Waals surface area contributed by atoms with Crippen molar-refractivity contribution in [1.82, 2.24) is 9.80 Å². The Labute approximate surface area is 113 Å². The summed E-state index contributed by atoms with van der Waals surface area (Å²) in [7, 11) is 0. The molecule has 0 saturated carbocycles. The first-order valence-corrected chi connectivity index (χ1v) is 6.65. The van der Waals surface area contributed by atoms with Crippen LogP contribution in [0.1, 0.15) is 10.4 Å². The van der Waals surface area contributed by atoms with E-state index in [1.807, 2.05) is 35.2 Å². The van der Waals surface area contributed by atoms with Gasteiger partial charge in [0.05, 0.1) is 6.10 Å². The van der Waals surface area contributed by atoms with E-state index >= 15 is 0 Å². The molecule has 5 nitrogen and oxygen atoms in total. The number of hydrogen-bond acceptors (Lipinski definition) is 4. The summed E-state index contributed by atoms with van der Waals surface area (Å²) in [6.45, 7) is 3.84. The number of amides is 1. The first-order chi connectivity index (χ1) is 9.20. The van der Waals surface area contributed by atoms with Gasteiger partial charge in [-0.1, -0.05) is 18.2 Å². The second-order valence-corrected chi connectivity index (χ2v) is 4.85. The predicted octanol–water partition coefficient (Wildman–Crippen LogP) is -0.236. The van der Waals surface area contributed by atoms with Gasteiger partial charge in [-0.2, -0.15) is 0 Å². The summed E-state index contributed by atoms with van der Waals surface area (Å²) < 4.78 is 0. The number of carbonyl (C=O) groups excluding carboxylic acids is 1. The molecule has 0 radical (unpaired) electrons. The van der Waals surface area contributed by atoms with Gasteiger partial charge < -0.3 is 15.7 Å².